The largest absolute Gasteiger partial charge is 0.496 e. The minimum absolute atomic E-state index is 0.204. The number of guanidine groups is 1. The van der Waals surface area contributed by atoms with E-state index < -0.39 is 0 Å². The van der Waals surface area contributed by atoms with Crippen LogP contribution in [0.2, 0.25) is 0 Å². The first kappa shape index (κ1) is 20.3. The third-order valence-electron chi connectivity index (χ3n) is 5.51. The molecule has 1 N–H and O–H groups in total. The molecular formula is C20H32N4O2S. The van der Waals surface area contributed by atoms with Crippen LogP contribution in [0.5, 0.6) is 5.75 Å². The van der Waals surface area contributed by atoms with Gasteiger partial charge in [0.1, 0.15) is 5.75 Å². The number of nitrogens with one attached hydrogen (secondary N) is 1. The summed E-state index contributed by atoms with van der Waals surface area (Å²) in [6, 6.07) is 8.15. The van der Waals surface area contributed by atoms with Gasteiger partial charge in [0, 0.05) is 57.1 Å². The van der Waals surface area contributed by atoms with Crippen LogP contribution in [0, 0.1) is 0 Å². The number of benzene rings is 1. The first-order valence-electron chi connectivity index (χ1n) is 9.63. The second kappa shape index (κ2) is 9.66. The summed E-state index contributed by atoms with van der Waals surface area (Å²) in [6.45, 7) is 5.41. The predicted molar refractivity (Wildman–Crippen MR) is 113 cm³/mol. The van der Waals surface area contributed by atoms with Crippen molar-refractivity contribution in [3.8, 4) is 5.75 Å². The summed E-state index contributed by atoms with van der Waals surface area (Å²) in [5.41, 5.74) is 1.36. The molecule has 0 radical (unpaired) electrons. The van der Waals surface area contributed by atoms with Crippen LogP contribution in [0.4, 0.5) is 0 Å². The molecule has 6 nitrogen and oxygen atoms in total. The molecule has 2 fully saturated rings. The van der Waals surface area contributed by atoms with Crippen LogP contribution in [0.3, 0.4) is 0 Å². The fourth-order valence-corrected chi connectivity index (χ4v) is 5.40. The Morgan fingerprint density at radius 1 is 1.37 bits per heavy atom. The first-order chi connectivity index (χ1) is 13.2. The Hall–Kier alpha value is -1.44. The van der Waals surface area contributed by atoms with E-state index in [1.165, 1.54) is 17.9 Å². The van der Waals surface area contributed by atoms with Crippen molar-refractivity contribution >= 4 is 17.7 Å². The number of nitrogens with zero attached hydrogens (tertiary/aromatic N) is 3. The van der Waals surface area contributed by atoms with E-state index in [9.17, 15) is 0 Å². The molecule has 2 saturated heterocycles. The van der Waals surface area contributed by atoms with Gasteiger partial charge in [0.05, 0.1) is 20.3 Å². The normalized spacial score (nSPS) is 24.0. The topological polar surface area (TPSA) is 49.3 Å². The Bertz CT molecular complexity index is 628. The summed E-state index contributed by atoms with van der Waals surface area (Å²) >= 11 is 2.06. The molecule has 150 valence electrons. The molecule has 1 aromatic rings. The van der Waals surface area contributed by atoms with E-state index in [1.54, 1.807) is 7.11 Å². The Labute approximate surface area is 167 Å². The quantitative estimate of drug-likeness (QED) is 0.590. The van der Waals surface area contributed by atoms with Crippen molar-refractivity contribution in [3.63, 3.8) is 0 Å². The van der Waals surface area contributed by atoms with Crippen LogP contribution in [-0.2, 0) is 11.3 Å². The SMILES string of the molecule is CN=C(NCC1(N2CCOCC2)CCSC1)N(C)Cc1ccccc1OC. The van der Waals surface area contributed by atoms with Crippen molar-refractivity contribution in [3.05, 3.63) is 29.8 Å². The summed E-state index contributed by atoms with van der Waals surface area (Å²) in [7, 11) is 5.65. The number of methoxy groups -OCH3 is 1. The number of hydrogen-bond donors (Lipinski definition) is 1. The number of aliphatic imine (C=N–C) groups is 1. The summed E-state index contributed by atoms with van der Waals surface area (Å²) in [4.78, 5) is 9.30. The molecule has 0 saturated carbocycles. The van der Waals surface area contributed by atoms with Crippen LogP contribution in [0.15, 0.2) is 29.3 Å². The van der Waals surface area contributed by atoms with E-state index in [4.69, 9.17) is 9.47 Å². The monoisotopic (exact) mass is 392 g/mol. The van der Waals surface area contributed by atoms with Gasteiger partial charge < -0.3 is 19.7 Å². The molecule has 0 spiro atoms. The molecule has 7 heteroatoms. The Morgan fingerprint density at radius 3 is 2.81 bits per heavy atom. The molecule has 0 amide bonds. The van der Waals surface area contributed by atoms with Gasteiger partial charge in [-0.2, -0.15) is 11.8 Å². The van der Waals surface area contributed by atoms with Gasteiger partial charge >= 0.3 is 0 Å². The standard InChI is InChI=1S/C20H32N4O2S/c1-21-19(23(2)14-17-6-4-5-7-18(17)25-3)22-15-20(8-13-27-16-20)24-9-11-26-12-10-24/h4-7H,8-16H2,1-3H3,(H,21,22). The number of hydrogen-bond acceptors (Lipinski definition) is 5. The lowest BCUT2D eigenvalue weighted by molar-refractivity contribution is -0.0121. The zero-order chi connectivity index (χ0) is 19.1. The second-order valence-electron chi connectivity index (χ2n) is 7.20. The highest BCUT2D eigenvalue weighted by atomic mass is 32.2. The zero-order valence-electron chi connectivity index (χ0n) is 16.7. The zero-order valence-corrected chi connectivity index (χ0v) is 17.6. The van der Waals surface area contributed by atoms with E-state index in [2.05, 4.69) is 45.0 Å². The summed E-state index contributed by atoms with van der Waals surface area (Å²) < 4.78 is 11.1. The van der Waals surface area contributed by atoms with Crippen molar-refractivity contribution in [2.24, 2.45) is 4.99 Å². The molecule has 1 unspecified atom stereocenters. The van der Waals surface area contributed by atoms with E-state index in [0.29, 0.717) is 0 Å². The second-order valence-corrected chi connectivity index (χ2v) is 8.30. The molecule has 1 atom stereocenters. The van der Waals surface area contributed by atoms with Gasteiger partial charge in [-0.3, -0.25) is 9.89 Å². The summed E-state index contributed by atoms with van der Waals surface area (Å²) in [5, 5.41) is 3.65. The number of thioether (sulfide) groups is 1. The van der Waals surface area contributed by atoms with Gasteiger partial charge in [-0.05, 0) is 18.2 Å². The molecule has 2 aliphatic heterocycles. The van der Waals surface area contributed by atoms with Gasteiger partial charge in [0.25, 0.3) is 0 Å². The first-order valence-corrected chi connectivity index (χ1v) is 10.8. The lowest BCUT2D eigenvalue weighted by atomic mass is 9.95. The molecule has 3 rings (SSSR count). The van der Waals surface area contributed by atoms with Gasteiger partial charge in [-0.25, -0.2) is 0 Å². The average Bonchev–Trinajstić information content (AvgIpc) is 3.20. The highest BCUT2D eigenvalue weighted by molar-refractivity contribution is 7.99. The molecule has 0 bridgehead atoms. The maximum Gasteiger partial charge on any atom is 0.193 e. The highest BCUT2D eigenvalue weighted by Crippen LogP contribution is 2.33. The van der Waals surface area contributed by atoms with E-state index in [0.717, 1.165) is 56.7 Å². The summed E-state index contributed by atoms with van der Waals surface area (Å²) in [5.74, 6) is 4.24. The van der Waals surface area contributed by atoms with Gasteiger partial charge in [-0.15, -0.1) is 0 Å². The molecule has 2 heterocycles. The Balaban J connectivity index is 1.63. The van der Waals surface area contributed by atoms with Crippen LogP contribution in [0.1, 0.15) is 12.0 Å². The van der Waals surface area contributed by atoms with Crippen LogP contribution >= 0.6 is 11.8 Å². The average molecular weight is 393 g/mol. The molecule has 1 aromatic carbocycles. The molecule has 0 aliphatic carbocycles. The highest BCUT2D eigenvalue weighted by Gasteiger charge is 2.40. The minimum atomic E-state index is 0.204. The Kier molecular flexibility index (Phi) is 7.26. The summed E-state index contributed by atoms with van der Waals surface area (Å²) in [6.07, 6.45) is 1.22. The number of rotatable bonds is 6. The molecule has 0 aromatic heterocycles. The molecule has 2 aliphatic rings. The van der Waals surface area contributed by atoms with Crippen molar-refractivity contribution in [2.75, 3.05) is 65.6 Å². The van der Waals surface area contributed by atoms with Crippen molar-refractivity contribution in [1.82, 2.24) is 15.1 Å². The molecular weight excluding hydrogens is 360 g/mol. The van der Waals surface area contributed by atoms with Crippen LogP contribution < -0.4 is 10.1 Å². The van der Waals surface area contributed by atoms with Crippen LogP contribution in [0.25, 0.3) is 0 Å². The lowest BCUT2D eigenvalue weighted by Crippen LogP contribution is -2.60. The van der Waals surface area contributed by atoms with Crippen LogP contribution in [-0.4, -0.2) is 86.9 Å². The van der Waals surface area contributed by atoms with Gasteiger partial charge in [0.2, 0.25) is 0 Å². The predicted octanol–water partition coefficient (Wildman–Crippen LogP) is 1.91. The third kappa shape index (κ3) is 4.89. The lowest BCUT2D eigenvalue weighted by Gasteiger charge is -2.43. The van der Waals surface area contributed by atoms with Crippen molar-refractivity contribution in [2.45, 2.75) is 18.5 Å². The third-order valence-corrected chi connectivity index (χ3v) is 6.75. The number of ether oxygens (including phenoxy) is 2. The fourth-order valence-electron chi connectivity index (χ4n) is 3.93. The fraction of sp³-hybridized carbons (Fsp3) is 0.650. The Morgan fingerprint density at radius 2 is 2.15 bits per heavy atom. The molecule has 27 heavy (non-hydrogen) atoms. The number of para-hydroxylation sites is 1. The maximum atomic E-state index is 5.56. The van der Waals surface area contributed by atoms with Gasteiger partial charge in [0.15, 0.2) is 5.96 Å². The van der Waals surface area contributed by atoms with Crippen molar-refractivity contribution < 1.29 is 9.47 Å². The van der Waals surface area contributed by atoms with E-state index in [-0.39, 0.29) is 5.54 Å². The van der Waals surface area contributed by atoms with Crippen molar-refractivity contribution in [1.29, 1.82) is 0 Å². The number of morpholine rings is 1. The minimum Gasteiger partial charge on any atom is -0.496 e. The van der Waals surface area contributed by atoms with E-state index >= 15 is 0 Å². The van der Waals surface area contributed by atoms with Gasteiger partial charge in [-0.1, -0.05) is 18.2 Å². The van der Waals surface area contributed by atoms with E-state index in [1.807, 2.05) is 25.2 Å². The smallest absolute Gasteiger partial charge is 0.193 e. The maximum absolute atomic E-state index is 5.56.